The van der Waals surface area contributed by atoms with Crippen molar-refractivity contribution in [3.05, 3.63) is 64.1 Å². The van der Waals surface area contributed by atoms with Crippen molar-refractivity contribution in [1.82, 2.24) is 14.8 Å². The van der Waals surface area contributed by atoms with Crippen LogP contribution in [0.1, 0.15) is 11.4 Å². The van der Waals surface area contributed by atoms with E-state index in [0.29, 0.717) is 11.0 Å². The van der Waals surface area contributed by atoms with E-state index in [4.69, 9.17) is 0 Å². The first-order valence-corrected chi connectivity index (χ1v) is 9.58. The van der Waals surface area contributed by atoms with Gasteiger partial charge in [-0.2, -0.15) is 0 Å². The molecule has 0 aliphatic rings. The van der Waals surface area contributed by atoms with Crippen molar-refractivity contribution in [3.63, 3.8) is 0 Å². The summed E-state index contributed by atoms with van der Waals surface area (Å²) >= 11 is 4.68. The lowest BCUT2D eigenvalue weighted by molar-refractivity contribution is -0.113. The van der Waals surface area contributed by atoms with Crippen molar-refractivity contribution in [2.24, 2.45) is 0 Å². The molecule has 5 nitrogen and oxygen atoms in total. The van der Waals surface area contributed by atoms with E-state index >= 15 is 0 Å². The van der Waals surface area contributed by atoms with Crippen molar-refractivity contribution in [2.45, 2.75) is 19.0 Å². The summed E-state index contributed by atoms with van der Waals surface area (Å²) in [7, 11) is 0. The molecule has 0 aliphatic heterocycles. The number of hydrogen-bond donors (Lipinski definition) is 1. The molecule has 2 aromatic carbocycles. The molecule has 1 aromatic heterocycles. The molecule has 0 atom stereocenters. The van der Waals surface area contributed by atoms with Gasteiger partial charge < -0.3 is 5.32 Å². The minimum atomic E-state index is -0.307. The van der Waals surface area contributed by atoms with Crippen LogP contribution in [0.2, 0.25) is 0 Å². The number of halogens is 2. The second-order valence-corrected chi connectivity index (χ2v) is 7.50. The lowest BCUT2D eigenvalue weighted by Gasteiger charge is -2.10. The zero-order valence-corrected chi connectivity index (χ0v) is 16.6. The van der Waals surface area contributed by atoms with Crippen molar-refractivity contribution >= 4 is 39.3 Å². The molecule has 0 bridgehead atoms. The number of carbonyl (C=O) groups excluding carboxylic acids is 1. The highest BCUT2D eigenvalue weighted by Gasteiger charge is 2.14. The zero-order valence-electron chi connectivity index (χ0n) is 14.2. The first kappa shape index (κ1) is 18.6. The van der Waals surface area contributed by atoms with Gasteiger partial charge in [-0.3, -0.25) is 9.36 Å². The number of rotatable bonds is 5. The molecule has 0 saturated heterocycles. The number of benzene rings is 2. The van der Waals surface area contributed by atoms with Gasteiger partial charge in [-0.25, -0.2) is 4.39 Å². The van der Waals surface area contributed by atoms with Crippen LogP contribution < -0.4 is 5.32 Å². The van der Waals surface area contributed by atoms with Gasteiger partial charge in [0.25, 0.3) is 0 Å². The van der Waals surface area contributed by atoms with Crippen molar-refractivity contribution in [1.29, 1.82) is 0 Å². The number of amides is 1. The molecular weight excluding hydrogens is 419 g/mol. The summed E-state index contributed by atoms with van der Waals surface area (Å²) in [5.41, 5.74) is 2.50. The number of aromatic nitrogens is 3. The Morgan fingerprint density at radius 3 is 2.62 bits per heavy atom. The molecule has 134 valence electrons. The lowest BCUT2D eigenvalue weighted by atomic mass is 10.2. The highest BCUT2D eigenvalue weighted by Crippen LogP contribution is 2.23. The lowest BCUT2D eigenvalue weighted by Crippen LogP contribution is -2.15. The summed E-state index contributed by atoms with van der Waals surface area (Å²) in [6.07, 6.45) is 0. The number of anilines is 1. The van der Waals surface area contributed by atoms with E-state index in [1.807, 2.05) is 32.0 Å². The third kappa shape index (κ3) is 4.31. The largest absolute Gasteiger partial charge is 0.325 e. The Hall–Kier alpha value is -2.19. The predicted octanol–water partition coefficient (Wildman–Crippen LogP) is 4.52. The first-order valence-electron chi connectivity index (χ1n) is 7.81. The minimum Gasteiger partial charge on any atom is -0.325 e. The van der Waals surface area contributed by atoms with Crippen LogP contribution in [0.25, 0.3) is 5.69 Å². The maximum absolute atomic E-state index is 13.1. The molecule has 0 fully saturated rings. The van der Waals surface area contributed by atoms with Gasteiger partial charge in [0.1, 0.15) is 11.6 Å². The molecule has 1 heterocycles. The summed E-state index contributed by atoms with van der Waals surface area (Å²) in [5, 5.41) is 11.7. The van der Waals surface area contributed by atoms with Crippen LogP contribution in [-0.4, -0.2) is 26.4 Å². The molecule has 1 N–H and O–H groups in total. The fourth-order valence-electron chi connectivity index (χ4n) is 2.41. The van der Waals surface area contributed by atoms with Gasteiger partial charge in [-0.05, 0) is 61.9 Å². The van der Waals surface area contributed by atoms with Gasteiger partial charge in [-0.1, -0.05) is 27.7 Å². The Balaban J connectivity index is 1.70. The Morgan fingerprint density at radius 1 is 1.19 bits per heavy atom. The average molecular weight is 435 g/mol. The number of carbonyl (C=O) groups is 1. The van der Waals surface area contributed by atoms with Crippen molar-refractivity contribution in [3.8, 4) is 5.69 Å². The fraction of sp³-hybridized carbons (Fsp3) is 0.167. The highest BCUT2D eigenvalue weighted by molar-refractivity contribution is 9.10. The van der Waals surface area contributed by atoms with Crippen molar-refractivity contribution in [2.75, 3.05) is 11.1 Å². The molecule has 1 amide bonds. The van der Waals surface area contributed by atoms with E-state index in [9.17, 15) is 9.18 Å². The molecule has 26 heavy (non-hydrogen) atoms. The van der Waals surface area contributed by atoms with Gasteiger partial charge in [-0.15, -0.1) is 10.2 Å². The second kappa shape index (κ2) is 8.01. The summed E-state index contributed by atoms with van der Waals surface area (Å²) in [6, 6.07) is 11.7. The number of nitrogens with one attached hydrogen (secondary N) is 1. The van der Waals surface area contributed by atoms with Gasteiger partial charge in [0.15, 0.2) is 5.16 Å². The van der Waals surface area contributed by atoms with Crippen molar-refractivity contribution < 1.29 is 9.18 Å². The highest BCUT2D eigenvalue weighted by atomic mass is 79.9. The number of nitrogens with zero attached hydrogens (tertiary/aromatic N) is 3. The van der Waals surface area contributed by atoms with Gasteiger partial charge >= 0.3 is 0 Å². The molecule has 3 rings (SSSR count). The smallest absolute Gasteiger partial charge is 0.234 e. The predicted molar refractivity (Wildman–Crippen MR) is 104 cm³/mol. The average Bonchev–Trinajstić information content (AvgIpc) is 2.97. The van der Waals surface area contributed by atoms with Crippen LogP contribution in [0, 0.1) is 19.7 Å². The molecule has 0 aliphatic carbocycles. The third-order valence-corrected chi connectivity index (χ3v) is 5.10. The van der Waals surface area contributed by atoms with E-state index in [-0.39, 0.29) is 17.5 Å². The molecular formula is C18H16BrFN4OS. The summed E-state index contributed by atoms with van der Waals surface area (Å²) in [6.45, 7) is 3.74. The maximum atomic E-state index is 13.1. The Kier molecular flexibility index (Phi) is 5.73. The zero-order chi connectivity index (χ0) is 18.7. The van der Waals surface area contributed by atoms with E-state index < -0.39 is 0 Å². The van der Waals surface area contributed by atoms with Crippen LogP contribution in [0.4, 0.5) is 10.1 Å². The standard InChI is InChI=1S/C18H16BrFN4OS/c1-11-9-13(19)3-8-16(11)21-17(25)10-26-18-23-22-12(2)24(18)15-6-4-14(20)5-7-15/h3-9H,10H2,1-2H3,(H,21,25). The molecule has 3 aromatic rings. The minimum absolute atomic E-state index is 0.133. The second-order valence-electron chi connectivity index (χ2n) is 5.64. The van der Waals surface area contributed by atoms with Crippen LogP contribution in [0.3, 0.4) is 0 Å². The van der Waals surface area contributed by atoms with E-state index in [1.54, 1.807) is 16.7 Å². The van der Waals surface area contributed by atoms with Crippen LogP contribution in [-0.2, 0) is 4.79 Å². The Labute approximate surface area is 163 Å². The van der Waals surface area contributed by atoms with Crippen LogP contribution in [0.15, 0.2) is 52.1 Å². The molecule has 8 heteroatoms. The molecule has 0 saturated carbocycles. The van der Waals surface area contributed by atoms with Gasteiger partial charge in [0, 0.05) is 15.8 Å². The Bertz CT molecular complexity index is 943. The molecule has 0 unspecified atom stereocenters. The number of aryl methyl sites for hydroxylation is 2. The normalized spacial score (nSPS) is 10.8. The quantitative estimate of drug-likeness (QED) is 0.599. The van der Waals surface area contributed by atoms with E-state index in [1.165, 1.54) is 23.9 Å². The summed E-state index contributed by atoms with van der Waals surface area (Å²) in [5.74, 6) is 0.419. The topological polar surface area (TPSA) is 59.8 Å². The van der Waals surface area contributed by atoms with E-state index in [2.05, 4.69) is 31.4 Å². The van der Waals surface area contributed by atoms with Gasteiger partial charge in [0.2, 0.25) is 5.91 Å². The SMILES string of the molecule is Cc1cc(Br)ccc1NC(=O)CSc1nnc(C)n1-c1ccc(F)cc1. The maximum Gasteiger partial charge on any atom is 0.234 e. The Morgan fingerprint density at radius 2 is 1.92 bits per heavy atom. The summed E-state index contributed by atoms with van der Waals surface area (Å²) in [4.78, 5) is 12.3. The molecule has 0 radical (unpaired) electrons. The summed E-state index contributed by atoms with van der Waals surface area (Å²) < 4.78 is 15.9. The number of hydrogen-bond acceptors (Lipinski definition) is 4. The number of thioether (sulfide) groups is 1. The monoisotopic (exact) mass is 434 g/mol. The van der Waals surface area contributed by atoms with E-state index in [0.717, 1.165) is 21.4 Å². The third-order valence-electron chi connectivity index (χ3n) is 3.67. The van der Waals surface area contributed by atoms with Crippen LogP contribution in [0.5, 0.6) is 0 Å². The first-order chi connectivity index (χ1) is 12.4. The molecule has 0 spiro atoms. The fourth-order valence-corrected chi connectivity index (χ4v) is 3.68. The van der Waals surface area contributed by atoms with Gasteiger partial charge in [0.05, 0.1) is 5.75 Å². The van der Waals surface area contributed by atoms with Crippen LogP contribution >= 0.6 is 27.7 Å².